The molecule has 18 heavy (non-hydrogen) atoms. The van der Waals surface area contributed by atoms with Gasteiger partial charge in [-0.15, -0.1) is 0 Å². The monoisotopic (exact) mass is 290 g/mol. The van der Waals surface area contributed by atoms with Crippen molar-refractivity contribution in [3.63, 3.8) is 0 Å². The van der Waals surface area contributed by atoms with Gasteiger partial charge in [0.2, 0.25) is 9.05 Å². The van der Waals surface area contributed by atoms with Gasteiger partial charge in [0.25, 0.3) is 0 Å². The van der Waals surface area contributed by atoms with Gasteiger partial charge in [0.05, 0.1) is 11.9 Å². The van der Waals surface area contributed by atoms with Crippen LogP contribution in [-0.2, 0) is 13.8 Å². The third-order valence-corrected chi connectivity index (χ3v) is 3.91. The van der Waals surface area contributed by atoms with Crippen molar-refractivity contribution in [3.05, 3.63) is 35.9 Å². The fourth-order valence-corrected chi connectivity index (χ4v) is 2.51. The van der Waals surface area contributed by atoms with E-state index in [0.29, 0.717) is 13.0 Å². The van der Waals surface area contributed by atoms with E-state index in [4.69, 9.17) is 15.4 Å². The maximum atomic E-state index is 10.7. The number of halogens is 1. The van der Waals surface area contributed by atoms with Crippen LogP contribution in [-0.4, -0.2) is 20.8 Å². The van der Waals surface area contributed by atoms with Gasteiger partial charge in [-0.2, -0.15) is 0 Å². The highest BCUT2D eigenvalue weighted by molar-refractivity contribution is 8.13. The Kier molecular flexibility index (Phi) is 6.68. The molecule has 1 aromatic carbocycles. The molecule has 0 radical (unpaired) electrons. The maximum absolute atomic E-state index is 10.7. The number of benzene rings is 1. The molecule has 1 unspecified atom stereocenters. The Morgan fingerprint density at radius 2 is 1.83 bits per heavy atom. The Morgan fingerprint density at radius 3 is 2.44 bits per heavy atom. The van der Waals surface area contributed by atoms with Crippen molar-refractivity contribution in [1.29, 1.82) is 0 Å². The molecule has 0 fully saturated rings. The Hall–Kier alpha value is -0.580. The molecular weight excluding hydrogens is 272 g/mol. The van der Waals surface area contributed by atoms with Gasteiger partial charge in [-0.3, -0.25) is 0 Å². The van der Waals surface area contributed by atoms with Crippen molar-refractivity contribution in [3.8, 4) is 0 Å². The summed E-state index contributed by atoms with van der Waals surface area (Å²) in [5.74, 6) is 0.0444. The first kappa shape index (κ1) is 15.5. The minimum atomic E-state index is -3.34. The fourth-order valence-electron chi connectivity index (χ4n) is 1.63. The van der Waals surface area contributed by atoms with Crippen molar-refractivity contribution in [2.24, 2.45) is 0 Å². The quantitative estimate of drug-likeness (QED) is 0.543. The number of rotatable bonds is 8. The summed E-state index contributed by atoms with van der Waals surface area (Å²) in [6.45, 7) is 2.65. The van der Waals surface area contributed by atoms with E-state index in [1.54, 1.807) is 0 Å². The zero-order chi connectivity index (χ0) is 13.4. The molecule has 0 aliphatic heterocycles. The smallest absolute Gasteiger partial charge is 0.232 e. The van der Waals surface area contributed by atoms with Gasteiger partial charge in [0, 0.05) is 17.3 Å². The second-order valence-electron chi connectivity index (χ2n) is 4.23. The van der Waals surface area contributed by atoms with Crippen LogP contribution in [0.5, 0.6) is 0 Å². The molecule has 0 heterocycles. The highest BCUT2D eigenvalue weighted by Gasteiger charge is 2.06. The van der Waals surface area contributed by atoms with Crippen LogP contribution < -0.4 is 0 Å². The molecule has 5 heteroatoms. The largest absolute Gasteiger partial charge is 0.374 e. The third kappa shape index (κ3) is 6.99. The summed E-state index contributed by atoms with van der Waals surface area (Å²) >= 11 is 0. The molecule has 1 atom stereocenters. The van der Waals surface area contributed by atoms with Gasteiger partial charge in [-0.25, -0.2) is 8.42 Å². The van der Waals surface area contributed by atoms with Gasteiger partial charge >= 0.3 is 0 Å². The molecule has 1 rings (SSSR count). The summed E-state index contributed by atoms with van der Waals surface area (Å²) in [5, 5.41) is 0. The van der Waals surface area contributed by atoms with Crippen molar-refractivity contribution < 1.29 is 13.2 Å². The molecular formula is C13H19ClO3S. The van der Waals surface area contributed by atoms with Crippen LogP contribution >= 0.6 is 10.7 Å². The summed E-state index contributed by atoms with van der Waals surface area (Å²) in [4.78, 5) is 0. The Labute approximate surface area is 114 Å². The van der Waals surface area contributed by atoms with Gasteiger partial charge < -0.3 is 4.74 Å². The summed E-state index contributed by atoms with van der Waals surface area (Å²) in [5.41, 5.74) is 1.15. The maximum Gasteiger partial charge on any atom is 0.232 e. The van der Waals surface area contributed by atoms with Crippen molar-refractivity contribution in [2.45, 2.75) is 32.3 Å². The van der Waals surface area contributed by atoms with Gasteiger partial charge in [0.1, 0.15) is 0 Å². The standard InChI is InChI=1S/C13H19ClO3S/c1-12(13-8-4-2-5-9-13)17-10-6-3-7-11-18(14,15)16/h2,4-5,8-9,12H,3,6-7,10-11H2,1H3. The zero-order valence-electron chi connectivity index (χ0n) is 10.5. The lowest BCUT2D eigenvalue weighted by atomic mass is 10.1. The third-order valence-electron chi connectivity index (χ3n) is 2.67. The van der Waals surface area contributed by atoms with E-state index in [0.717, 1.165) is 18.4 Å². The van der Waals surface area contributed by atoms with Crippen LogP contribution in [0, 0.1) is 0 Å². The van der Waals surface area contributed by atoms with Gasteiger partial charge in [0.15, 0.2) is 0 Å². The van der Waals surface area contributed by atoms with E-state index < -0.39 is 9.05 Å². The SMILES string of the molecule is CC(OCCCCCS(=O)(=O)Cl)c1ccccc1. The first-order valence-electron chi connectivity index (χ1n) is 6.08. The number of hydrogen-bond acceptors (Lipinski definition) is 3. The van der Waals surface area contributed by atoms with Crippen LogP contribution in [0.2, 0.25) is 0 Å². The summed E-state index contributed by atoms with van der Waals surface area (Å²) < 4.78 is 27.1. The van der Waals surface area contributed by atoms with Crippen LogP contribution in [0.3, 0.4) is 0 Å². The Morgan fingerprint density at radius 1 is 1.17 bits per heavy atom. The fraction of sp³-hybridized carbons (Fsp3) is 0.538. The number of ether oxygens (including phenoxy) is 1. The Balaban J connectivity index is 2.12. The molecule has 0 amide bonds. The van der Waals surface area contributed by atoms with Gasteiger partial charge in [-0.05, 0) is 25.3 Å². The second kappa shape index (κ2) is 7.77. The lowest BCUT2D eigenvalue weighted by Gasteiger charge is -2.13. The normalized spacial score (nSPS) is 13.4. The van der Waals surface area contributed by atoms with Crippen LogP contribution in [0.4, 0.5) is 0 Å². The van der Waals surface area contributed by atoms with E-state index in [-0.39, 0.29) is 11.9 Å². The number of unbranched alkanes of at least 4 members (excludes halogenated alkanes) is 2. The number of hydrogen-bond donors (Lipinski definition) is 0. The zero-order valence-corrected chi connectivity index (χ0v) is 12.1. The van der Waals surface area contributed by atoms with Crippen molar-refractivity contribution in [2.75, 3.05) is 12.4 Å². The molecule has 0 bridgehead atoms. The van der Waals surface area contributed by atoms with Crippen molar-refractivity contribution in [1.82, 2.24) is 0 Å². The first-order valence-corrected chi connectivity index (χ1v) is 8.56. The van der Waals surface area contributed by atoms with Crippen molar-refractivity contribution >= 4 is 19.7 Å². The van der Waals surface area contributed by atoms with E-state index in [1.165, 1.54) is 0 Å². The molecule has 0 saturated carbocycles. The summed E-state index contributed by atoms with van der Waals surface area (Å²) in [6, 6.07) is 10.0. The average molecular weight is 291 g/mol. The molecule has 0 N–H and O–H groups in total. The molecule has 102 valence electrons. The minimum absolute atomic E-state index is 0.0444. The molecule has 0 saturated heterocycles. The highest BCUT2D eigenvalue weighted by atomic mass is 35.7. The average Bonchev–Trinajstić information content (AvgIpc) is 2.33. The molecule has 0 spiro atoms. The highest BCUT2D eigenvalue weighted by Crippen LogP contribution is 2.16. The molecule has 0 aliphatic rings. The predicted octanol–water partition coefficient (Wildman–Crippen LogP) is 3.50. The van der Waals surface area contributed by atoms with E-state index in [1.807, 2.05) is 37.3 Å². The van der Waals surface area contributed by atoms with Crippen LogP contribution in [0.25, 0.3) is 0 Å². The molecule has 1 aromatic rings. The van der Waals surface area contributed by atoms with Crippen LogP contribution in [0.1, 0.15) is 37.9 Å². The molecule has 0 aliphatic carbocycles. The lowest BCUT2D eigenvalue weighted by molar-refractivity contribution is 0.0630. The first-order chi connectivity index (χ1) is 8.49. The van der Waals surface area contributed by atoms with Crippen LogP contribution in [0.15, 0.2) is 30.3 Å². The molecule has 0 aromatic heterocycles. The molecule has 3 nitrogen and oxygen atoms in total. The summed E-state index contributed by atoms with van der Waals surface area (Å²) in [6.07, 6.45) is 2.33. The predicted molar refractivity (Wildman–Crippen MR) is 74.3 cm³/mol. The minimum Gasteiger partial charge on any atom is -0.374 e. The van der Waals surface area contributed by atoms with Gasteiger partial charge in [-0.1, -0.05) is 36.8 Å². The topological polar surface area (TPSA) is 43.4 Å². The van der Waals surface area contributed by atoms with E-state index in [9.17, 15) is 8.42 Å². The van der Waals surface area contributed by atoms with E-state index in [2.05, 4.69) is 0 Å². The second-order valence-corrected chi connectivity index (χ2v) is 7.12. The van der Waals surface area contributed by atoms with E-state index >= 15 is 0 Å². The lowest BCUT2D eigenvalue weighted by Crippen LogP contribution is -2.02. The summed E-state index contributed by atoms with van der Waals surface area (Å²) in [7, 11) is 1.78. The Bertz CT molecular complexity index is 431.